The molecule has 1 N–H and O–H groups in total. The van der Waals surface area contributed by atoms with Crippen molar-refractivity contribution in [2.45, 2.75) is 6.92 Å². The molecule has 1 aromatic carbocycles. The van der Waals surface area contributed by atoms with Crippen molar-refractivity contribution in [3.05, 3.63) is 38.4 Å². The van der Waals surface area contributed by atoms with E-state index in [4.69, 9.17) is 0 Å². The molecule has 1 rings (SSSR count). The molecule has 7 heteroatoms. The molecule has 0 saturated heterocycles. The van der Waals surface area contributed by atoms with Crippen LogP contribution in [-0.4, -0.2) is 16.4 Å². The summed E-state index contributed by atoms with van der Waals surface area (Å²) in [6, 6.07) is 3.45. The minimum atomic E-state index is -0.659. The second-order valence-electron chi connectivity index (χ2n) is 2.78. The van der Waals surface area contributed by atoms with Crippen LogP contribution in [0.25, 0.3) is 0 Å². The third-order valence-corrected chi connectivity index (χ3v) is 1.71. The predicted octanol–water partition coefficient (Wildman–Crippen LogP) is 1.93. The number of non-ortho nitro benzene ring substituents is 2. The van der Waals surface area contributed by atoms with E-state index in [0.29, 0.717) is 12.2 Å². The number of benzene rings is 1. The molecule has 80 valence electrons. The predicted molar refractivity (Wildman–Crippen MR) is 53.9 cm³/mol. The number of rotatable bonds is 4. The Morgan fingerprint density at radius 2 is 1.60 bits per heavy atom. The van der Waals surface area contributed by atoms with E-state index in [0.717, 1.165) is 6.07 Å². The standard InChI is InChI=1S/C8H9N3O4/c1-2-9-6-3-7(10(12)13)5-8(4-6)11(14)15/h3-5,9H,2H2,1H3. The van der Waals surface area contributed by atoms with Crippen molar-refractivity contribution in [2.75, 3.05) is 11.9 Å². The average molecular weight is 211 g/mol. The van der Waals surface area contributed by atoms with E-state index in [2.05, 4.69) is 5.32 Å². The number of hydrogen-bond donors (Lipinski definition) is 1. The van der Waals surface area contributed by atoms with Crippen LogP contribution in [0.3, 0.4) is 0 Å². The van der Waals surface area contributed by atoms with Gasteiger partial charge >= 0.3 is 0 Å². The lowest BCUT2D eigenvalue weighted by atomic mass is 10.2. The first-order chi connectivity index (χ1) is 7.04. The van der Waals surface area contributed by atoms with E-state index in [9.17, 15) is 20.2 Å². The lowest BCUT2D eigenvalue weighted by molar-refractivity contribution is -0.394. The van der Waals surface area contributed by atoms with E-state index >= 15 is 0 Å². The Bertz CT molecular complexity index is 373. The molecular weight excluding hydrogens is 202 g/mol. The quantitative estimate of drug-likeness (QED) is 0.606. The van der Waals surface area contributed by atoms with Crippen molar-refractivity contribution < 1.29 is 9.85 Å². The van der Waals surface area contributed by atoms with Crippen LogP contribution >= 0.6 is 0 Å². The molecular formula is C8H9N3O4. The fourth-order valence-corrected chi connectivity index (χ4v) is 1.11. The van der Waals surface area contributed by atoms with Crippen molar-refractivity contribution in [1.29, 1.82) is 0 Å². The fraction of sp³-hybridized carbons (Fsp3) is 0.250. The average Bonchev–Trinajstić information content (AvgIpc) is 2.17. The summed E-state index contributed by atoms with van der Waals surface area (Å²) in [7, 11) is 0. The molecule has 0 saturated carbocycles. The molecule has 0 spiro atoms. The normalized spacial score (nSPS) is 9.67. The second kappa shape index (κ2) is 4.36. The largest absolute Gasteiger partial charge is 0.385 e. The summed E-state index contributed by atoms with van der Waals surface area (Å²) in [5.74, 6) is 0. The molecule has 0 bridgehead atoms. The Hall–Kier alpha value is -2.18. The van der Waals surface area contributed by atoms with E-state index in [1.807, 2.05) is 0 Å². The topological polar surface area (TPSA) is 98.3 Å². The summed E-state index contributed by atoms with van der Waals surface area (Å²) in [6.07, 6.45) is 0. The molecule has 7 nitrogen and oxygen atoms in total. The van der Waals surface area contributed by atoms with Gasteiger partial charge in [-0.25, -0.2) is 0 Å². The second-order valence-corrected chi connectivity index (χ2v) is 2.78. The lowest BCUT2D eigenvalue weighted by Crippen LogP contribution is -1.99. The van der Waals surface area contributed by atoms with Gasteiger partial charge in [0.1, 0.15) is 0 Å². The van der Waals surface area contributed by atoms with Gasteiger partial charge < -0.3 is 5.32 Å². The minimum absolute atomic E-state index is 0.292. The summed E-state index contributed by atoms with van der Waals surface area (Å²) in [5, 5.41) is 23.8. The Morgan fingerprint density at radius 3 is 1.93 bits per heavy atom. The monoisotopic (exact) mass is 211 g/mol. The highest BCUT2D eigenvalue weighted by molar-refractivity contribution is 5.58. The van der Waals surface area contributed by atoms with E-state index < -0.39 is 9.85 Å². The molecule has 0 fully saturated rings. The van der Waals surface area contributed by atoms with Crippen LogP contribution in [-0.2, 0) is 0 Å². The van der Waals surface area contributed by atoms with Crippen molar-refractivity contribution >= 4 is 17.1 Å². The van der Waals surface area contributed by atoms with Gasteiger partial charge in [-0.15, -0.1) is 0 Å². The first-order valence-corrected chi connectivity index (χ1v) is 4.22. The zero-order valence-electron chi connectivity index (χ0n) is 7.97. The smallest absolute Gasteiger partial charge is 0.278 e. The number of nitrogens with one attached hydrogen (secondary N) is 1. The molecule has 0 atom stereocenters. The van der Waals surface area contributed by atoms with Gasteiger partial charge in [0.05, 0.1) is 15.9 Å². The van der Waals surface area contributed by atoms with Gasteiger partial charge in [0, 0.05) is 24.4 Å². The molecule has 0 aliphatic heterocycles. The van der Waals surface area contributed by atoms with Crippen molar-refractivity contribution in [3.63, 3.8) is 0 Å². The summed E-state index contributed by atoms with van der Waals surface area (Å²) >= 11 is 0. The summed E-state index contributed by atoms with van der Waals surface area (Å²) in [5.41, 5.74) is -0.210. The van der Waals surface area contributed by atoms with E-state index in [-0.39, 0.29) is 11.4 Å². The van der Waals surface area contributed by atoms with Gasteiger partial charge in [0.25, 0.3) is 11.4 Å². The lowest BCUT2D eigenvalue weighted by Gasteiger charge is -2.02. The number of nitro benzene ring substituents is 2. The number of nitrogens with zero attached hydrogens (tertiary/aromatic N) is 2. The highest BCUT2D eigenvalue weighted by Crippen LogP contribution is 2.25. The Morgan fingerprint density at radius 1 is 1.13 bits per heavy atom. The summed E-state index contributed by atoms with van der Waals surface area (Å²) in [4.78, 5) is 19.7. The van der Waals surface area contributed by atoms with Crippen LogP contribution in [0.15, 0.2) is 18.2 Å². The molecule has 15 heavy (non-hydrogen) atoms. The third kappa shape index (κ3) is 2.63. The number of anilines is 1. The molecule has 1 aromatic rings. The first-order valence-electron chi connectivity index (χ1n) is 4.22. The van der Waals surface area contributed by atoms with Crippen LogP contribution < -0.4 is 5.32 Å². The zero-order chi connectivity index (χ0) is 11.4. The van der Waals surface area contributed by atoms with Crippen molar-refractivity contribution in [3.8, 4) is 0 Å². The zero-order valence-corrected chi connectivity index (χ0v) is 7.97. The maximum absolute atomic E-state index is 10.5. The van der Waals surface area contributed by atoms with Crippen LogP contribution in [0.5, 0.6) is 0 Å². The van der Waals surface area contributed by atoms with Crippen LogP contribution in [0.2, 0.25) is 0 Å². The van der Waals surface area contributed by atoms with Crippen LogP contribution in [0.1, 0.15) is 6.92 Å². The summed E-state index contributed by atoms with van der Waals surface area (Å²) < 4.78 is 0. The van der Waals surface area contributed by atoms with Gasteiger partial charge in [-0.1, -0.05) is 0 Å². The van der Waals surface area contributed by atoms with Crippen molar-refractivity contribution in [1.82, 2.24) is 0 Å². The first kappa shape index (κ1) is 10.9. The Kier molecular flexibility index (Phi) is 3.17. The maximum atomic E-state index is 10.5. The van der Waals surface area contributed by atoms with Gasteiger partial charge in [-0.05, 0) is 6.92 Å². The van der Waals surface area contributed by atoms with Gasteiger partial charge in [0.2, 0.25) is 0 Å². The Balaban J connectivity index is 3.19. The SMILES string of the molecule is CCNc1cc([N+](=O)[O-])cc([N+](=O)[O-])c1. The minimum Gasteiger partial charge on any atom is -0.385 e. The number of hydrogen-bond acceptors (Lipinski definition) is 5. The Labute approximate surface area is 85.0 Å². The summed E-state index contributed by atoms with van der Waals surface area (Å²) in [6.45, 7) is 2.34. The molecule has 0 aliphatic rings. The van der Waals surface area contributed by atoms with E-state index in [1.54, 1.807) is 6.92 Å². The molecule has 0 radical (unpaired) electrons. The molecule has 0 amide bonds. The fourth-order valence-electron chi connectivity index (χ4n) is 1.11. The maximum Gasteiger partial charge on any atom is 0.278 e. The van der Waals surface area contributed by atoms with Gasteiger partial charge in [-0.3, -0.25) is 20.2 Å². The third-order valence-electron chi connectivity index (χ3n) is 1.71. The van der Waals surface area contributed by atoms with Gasteiger partial charge in [-0.2, -0.15) is 0 Å². The van der Waals surface area contributed by atoms with Crippen molar-refractivity contribution in [2.24, 2.45) is 0 Å². The highest BCUT2D eigenvalue weighted by atomic mass is 16.6. The molecule has 0 aromatic heterocycles. The van der Waals surface area contributed by atoms with Gasteiger partial charge in [0.15, 0.2) is 0 Å². The molecule has 0 unspecified atom stereocenters. The molecule has 0 aliphatic carbocycles. The highest BCUT2D eigenvalue weighted by Gasteiger charge is 2.15. The molecule has 0 heterocycles. The number of nitro groups is 2. The van der Waals surface area contributed by atoms with E-state index in [1.165, 1.54) is 12.1 Å². The van der Waals surface area contributed by atoms with Crippen LogP contribution in [0, 0.1) is 20.2 Å². The van der Waals surface area contributed by atoms with Crippen LogP contribution in [0.4, 0.5) is 17.1 Å².